The third-order valence-electron chi connectivity index (χ3n) is 3.69. The van der Waals surface area contributed by atoms with Gasteiger partial charge in [0.05, 0.1) is 11.6 Å². The van der Waals surface area contributed by atoms with Crippen molar-refractivity contribution in [1.29, 1.82) is 0 Å². The number of carbonyl (C=O) groups is 3. The molecule has 2 aromatic carbocycles. The SMILES string of the molecule is O=C(COC(=O)c1sc2cc(F)ccc2c1Cl)NCC(=O)Nc1ccc(F)cc1. The first-order chi connectivity index (χ1) is 13.8. The van der Waals surface area contributed by atoms with Gasteiger partial charge in [-0.05, 0) is 42.5 Å². The summed E-state index contributed by atoms with van der Waals surface area (Å²) in [6.07, 6.45) is 0. The predicted molar refractivity (Wildman–Crippen MR) is 105 cm³/mol. The second kappa shape index (κ2) is 8.97. The lowest BCUT2D eigenvalue weighted by atomic mass is 10.2. The summed E-state index contributed by atoms with van der Waals surface area (Å²) in [5, 5.41) is 5.38. The lowest BCUT2D eigenvalue weighted by Gasteiger charge is -2.07. The van der Waals surface area contributed by atoms with Crippen LogP contribution in [0.5, 0.6) is 0 Å². The molecule has 0 radical (unpaired) electrons. The van der Waals surface area contributed by atoms with Crippen molar-refractivity contribution in [1.82, 2.24) is 5.32 Å². The number of thiophene rings is 1. The highest BCUT2D eigenvalue weighted by Crippen LogP contribution is 2.36. The van der Waals surface area contributed by atoms with Crippen molar-refractivity contribution < 1.29 is 27.9 Å². The lowest BCUT2D eigenvalue weighted by molar-refractivity contribution is -0.126. The van der Waals surface area contributed by atoms with Crippen molar-refractivity contribution in [3.8, 4) is 0 Å². The summed E-state index contributed by atoms with van der Waals surface area (Å²) in [5.41, 5.74) is 0.368. The minimum absolute atomic E-state index is 0.0501. The van der Waals surface area contributed by atoms with Crippen LogP contribution in [-0.4, -0.2) is 30.9 Å². The molecule has 3 rings (SSSR count). The molecule has 1 heterocycles. The molecule has 2 N–H and O–H groups in total. The van der Waals surface area contributed by atoms with Crippen LogP contribution in [0.1, 0.15) is 9.67 Å². The van der Waals surface area contributed by atoms with Crippen LogP contribution in [0.4, 0.5) is 14.5 Å². The van der Waals surface area contributed by atoms with Gasteiger partial charge in [0.1, 0.15) is 16.5 Å². The topological polar surface area (TPSA) is 84.5 Å². The Morgan fingerprint density at radius 3 is 2.41 bits per heavy atom. The first-order valence-corrected chi connectivity index (χ1v) is 9.39. The van der Waals surface area contributed by atoms with Gasteiger partial charge in [0.25, 0.3) is 5.91 Å². The van der Waals surface area contributed by atoms with E-state index in [4.69, 9.17) is 16.3 Å². The molecular weight excluding hydrogens is 426 g/mol. The van der Waals surface area contributed by atoms with Gasteiger partial charge in [-0.1, -0.05) is 11.6 Å². The highest BCUT2D eigenvalue weighted by molar-refractivity contribution is 7.21. The van der Waals surface area contributed by atoms with Crippen molar-refractivity contribution >= 4 is 56.5 Å². The number of esters is 1. The quantitative estimate of drug-likeness (QED) is 0.574. The van der Waals surface area contributed by atoms with Crippen LogP contribution in [0.25, 0.3) is 10.1 Å². The number of benzene rings is 2. The van der Waals surface area contributed by atoms with Gasteiger partial charge in [0.2, 0.25) is 5.91 Å². The number of hydrogen-bond donors (Lipinski definition) is 2. The van der Waals surface area contributed by atoms with Crippen LogP contribution in [-0.2, 0) is 14.3 Å². The zero-order chi connectivity index (χ0) is 21.0. The molecule has 0 saturated carbocycles. The highest BCUT2D eigenvalue weighted by atomic mass is 35.5. The number of ether oxygens (including phenoxy) is 1. The summed E-state index contributed by atoms with van der Waals surface area (Å²) in [6, 6.07) is 9.03. The van der Waals surface area contributed by atoms with Crippen LogP contribution < -0.4 is 10.6 Å². The molecule has 0 unspecified atom stereocenters. The standard InChI is InChI=1S/C19H13ClF2N2O4S/c20-17-13-6-3-11(22)7-14(13)29-18(17)19(27)28-9-16(26)23-8-15(25)24-12-4-1-10(21)2-5-12/h1-7H,8-9H2,(H,23,26)(H,24,25). The maximum atomic E-state index is 13.3. The molecule has 10 heteroatoms. The van der Waals surface area contributed by atoms with Gasteiger partial charge in [-0.15, -0.1) is 11.3 Å². The summed E-state index contributed by atoms with van der Waals surface area (Å²) in [4.78, 5) is 35.7. The first kappa shape index (κ1) is 20.7. The minimum atomic E-state index is -0.831. The average Bonchev–Trinajstić information content (AvgIpc) is 3.02. The Morgan fingerprint density at radius 1 is 1.00 bits per heavy atom. The minimum Gasteiger partial charge on any atom is -0.451 e. The number of carbonyl (C=O) groups excluding carboxylic acids is 3. The molecule has 0 fully saturated rings. The Kier molecular flexibility index (Phi) is 6.40. The fourth-order valence-corrected chi connectivity index (χ4v) is 3.76. The van der Waals surface area contributed by atoms with Gasteiger partial charge in [0.15, 0.2) is 6.61 Å². The Morgan fingerprint density at radius 2 is 1.69 bits per heavy atom. The van der Waals surface area contributed by atoms with E-state index in [1.165, 1.54) is 42.5 Å². The Balaban J connectivity index is 1.49. The summed E-state index contributed by atoms with van der Waals surface area (Å²) in [7, 11) is 0. The zero-order valence-electron chi connectivity index (χ0n) is 14.6. The van der Waals surface area contributed by atoms with E-state index in [-0.39, 0.29) is 16.4 Å². The van der Waals surface area contributed by atoms with Gasteiger partial charge in [-0.2, -0.15) is 0 Å². The number of anilines is 1. The average molecular weight is 439 g/mol. The molecule has 3 aromatic rings. The van der Waals surface area contributed by atoms with Gasteiger partial charge < -0.3 is 15.4 Å². The molecule has 1 aromatic heterocycles. The summed E-state index contributed by atoms with van der Waals surface area (Å²) in [6.45, 7) is -0.988. The molecule has 150 valence electrons. The van der Waals surface area contributed by atoms with Gasteiger partial charge in [0, 0.05) is 15.8 Å². The molecular formula is C19H13ClF2N2O4S. The van der Waals surface area contributed by atoms with Crippen LogP contribution in [0.2, 0.25) is 5.02 Å². The summed E-state index contributed by atoms with van der Waals surface area (Å²) in [5.74, 6) is -2.97. The van der Waals surface area contributed by atoms with Crippen LogP contribution >= 0.6 is 22.9 Å². The largest absolute Gasteiger partial charge is 0.451 e. The van der Waals surface area contributed by atoms with E-state index in [9.17, 15) is 23.2 Å². The monoisotopic (exact) mass is 438 g/mol. The van der Waals surface area contributed by atoms with Gasteiger partial charge in [-0.25, -0.2) is 13.6 Å². The predicted octanol–water partition coefficient (Wildman–Crippen LogP) is 3.74. The molecule has 0 aliphatic carbocycles. The lowest BCUT2D eigenvalue weighted by Crippen LogP contribution is -2.35. The van der Waals surface area contributed by atoms with Crippen molar-refractivity contribution in [2.75, 3.05) is 18.5 Å². The molecule has 29 heavy (non-hydrogen) atoms. The van der Waals surface area contributed by atoms with Crippen LogP contribution in [0.3, 0.4) is 0 Å². The van der Waals surface area contributed by atoms with Crippen LogP contribution in [0, 0.1) is 11.6 Å². The van der Waals surface area contributed by atoms with E-state index in [2.05, 4.69) is 10.6 Å². The van der Waals surface area contributed by atoms with Gasteiger partial charge >= 0.3 is 5.97 Å². The van der Waals surface area contributed by atoms with E-state index >= 15 is 0 Å². The molecule has 0 spiro atoms. The molecule has 0 aliphatic heterocycles. The Hall–Kier alpha value is -3.04. The third kappa shape index (κ3) is 5.27. The summed E-state index contributed by atoms with van der Waals surface area (Å²) >= 11 is 7.07. The molecule has 0 atom stereocenters. The highest BCUT2D eigenvalue weighted by Gasteiger charge is 2.20. The fraction of sp³-hybridized carbons (Fsp3) is 0.105. The number of halogens is 3. The Bertz CT molecular complexity index is 1090. The molecule has 0 saturated heterocycles. The van der Waals surface area contributed by atoms with Crippen molar-refractivity contribution in [3.63, 3.8) is 0 Å². The molecule has 2 amide bonds. The van der Waals surface area contributed by atoms with E-state index in [1.54, 1.807) is 0 Å². The van der Waals surface area contributed by atoms with Crippen molar-refractivity contribution in [2.24, 2.45) is 0 Å². The van der Waals surface area contributed by atoms with E-state index in [0.29, 0.717) is 15.8 Å². The molecule has 0 bridgehead atoms. The van der Waals surface area contributed by atoms with E-state index < -0.39 is 36.0 Å². The third-order valence-corrected chi connectivity index (χ3v) is 5.32. The molecule has 6 nitrogen and oxygen atoms in total. The number of rotatable bonds is 6. The normalized spacial score (nSPS) is 10.6. The number of hydrogen-bond acceptors (Lipinski definition) is 5. The van der Waals surface area contributed by atoms with Crippen LogP contribution in [0.15, 0.2) is 42.5 Å². The molecule has 0 aliphatic rings. The van der Waals surface area contributed by atoms with Crippen molar-refractivity contribution in [2.45, 2.75) is 0 Å². The zero-order valence-corrected chi connectivity index (χ0v) is 16.2. The maximum absolute atomic E-state index is 13.3. The second-order valence-electron chi connectivity index (χ2n) is 5.79. The van der Waals surface area contributed by atoms with E-state index in [0.717, 1.165) is 11.3 Å². The number of amides is 2. The first-order valence-electron chi connectivity index (χ1n) is 8.20. The fourth-order valence-electron chi connectivity index (χ4n) is 2.34. The maximum Gasteiger partial charge on any atom is 0.350 e. The number of fused-ring (bicyclic) bond motifs is 1. The van der Waals surface area contributed by atoms with Gasteiger partial charge in [-0.3, -0.25) is 9.59 Å². The number of nitrogens with one attached hydrogen (secondary N) is 2. The summed E-state index contributed by atoms with van der Waals surface area (Å²) < 4.78 is 31.5. The second-order valence-corrected chi connectivity index (χ2v) is 7.22. The van der Waals surface area contributed by atoms with E-state index in [1.807, 2.05) is 0 Å². The smallest absolute Gasteiger partial charge is 0.350 e. The Labute approximate surface area is 172 Å². The van der Waals surface area contributed by atoms with Crippen molar-refractivity contribution in [3.05, 3.63) is 64.0 Å².